The Balaban J connectivity index is 1.51. The van der Waals surface area contributed by atoms with Crippen molar-refractivity contribution in [1.29, 1.82) is 0 Å². The molecule has 166 valence electrons. The first kappa shape index (κ1) is 21.9. The SMILES string of the molecule is CN(C)C(=O)c1cc([C@@H]2CN(CC(=O)Nc3ccc(F)cc3)CCO2)nc2ccccc12. The van der Waals surface area contributed by atoms with E-state index in [-0.39, 0.29) is 30.3 Å². The molecule has 0 aliphatic carbocycles. The molecule has 0 unspecified atom stereocenters. The number of halogens is 1. The van der Waals surface area contributed by atoms with Gasteiger partial charge in [0, 0.05) is 38.3 Å². The molecule has 0 bridgehead atoms. The van der Waals surface area contributed by atoms with Crippen LogP contribution in [0.1, 0.15) is 22.2 Å². The monoisotopic (exact) mass is 436 g/mol. The standard InChI is InChI=1S/C24H25FN4O3/c1-28(2)24(31)19-13-21(27-20-6-4-3-5-18(19)20)22-14-29(11-12-32-22)15-23(30)26-17-9-7-16(25)8-10-17/h3-10,13,22H,11-12,14-15H2,1-2H3,(H,26,30)/t22-/m0/s1. The fourth-order valence-corrected chi connectivity index (χ4v) is 3.74. The Morgan fingerprint density at radius 2 is 1.94 bits per heavy atom. The number of fused-ring (bicyclic) bond motifs is 1. The number of aromatic nitrogens is 1. The fourth-order valence-electron chi connectivity index (χ4n) is 3.74. The summed E-state index contributed by atoms with van der Waals surface area (Å²) in [5.74, 6) is -0.641. The topological polar surface area (TPSA) is 74.8 Å². The molecule has 32 heavy (non-hydrogen) atoms. The zero-order chi connectivity index (χ0) is 22.7. The van der Waals surface area contributed by atoms with Gasteiger partial charge >= 0.3 is 0 Å². The lowest BCUT2D eigenvalue weighted by molar-refractivity contribution is -0.119. The van der Waals surface area contributed by atoms with Crippen LogP contribution in [-0.2, 0) is 9.53 Å². The molecule has 2 amide bonds. The highest BCUT2D eigenvalue weighted by Gasteiger charge is 2.26. The second-order valence-corrected chi connectivity index (χ2v) is 7.96. The number of carbonyl (C=O) groups is 2. The summed E-state index contributed by atoms with van der Waals surface area (Å²) < 4.78 is 19.0. The maximum Gasteiger partial charge on any atom is 0.254 e. The predicted molar refractivity (Wildman–Crippen MR) is 120 cm³/mol. The van der Waals surface area contributed by atoms with Crippen molar-refractivity contribution in [2.45, 2.75) is 6.10 Å². The number of anilines is 1. The fraction of sp³-hybridized carbons (Fsp3) is 0.292. The number of hydrogen-bond donors (Lipinski definition) is 1. The molecular formula is C24H25FN4O3. The first-order valence-electron chi connectivity index (χ1n) is 10.4. The van der Waals surface area contributed by atoms with Crippen LogP contribution in [0.2, 0.25) is 0 Å². The molecular weight excluding hydrogens is 411 g/mol. The van der Waals surface area contributed by atoms with E-state index in [4.69, 9.17) is 9.72 Å². The summed E-state index contributed by atoms with van der Waals surface area (Å²) >= 11 is 0. The highest BCUT2D eigenvalue weighted by atomic mass is 19.1. The van der Waals surface area contributed by atoms with Gasteiger partial charge < -0.3 is 15.0 Å². The van der Waals surface area contributed by atoms with Gasteiger partial charge in [-0.05, 0) is 36.4 Å². The van der Waals surface area contributed by atoms with Crippen molar-refractivity contribution >= 4 is 28.4 Å². The second-order valence-electron chi connectivity index (χ2n) is 7.96. The zero-order valence-corrected chi connectivity index (χ0v) is 18.0. The average Bonchev–Trinajstić information content (AvgIpc) is 2.79. The molecule has 0 radical (unpaired) electrons. The molecule has 0 saturated carbocycles. The summed E-state index contributed by atoms with van der Waals surface area (Å²) in [4.78, 5) is 33.5. The normalized spacial score (nSPS) is 16.7. The molecule has 4 rings (SSSR count). The Morgan fingerprint density at radius 3 is 2.69 bits per heavy atom. The first-order chi connectivity index (χ1) is 15.4. The minimum absolute atomic E-state index is 0.101. The Morgan fingerprint density at radius 1 is 1.19 bits per heavy atom. The molecule has 7 nitrogen and oxygen atoms in total. The molecule has 0 spiro atoms. The Hall–Kier alpha value is -3.36. The first-order valence-corrected chi connectivity index (χ1v) is 10.4. The van der Waals surface area contributed by atoms with Crippen LogP contribution in [0, 0.1) is 5.82 Å². The van der Waals surface area contributed by atoms with Gasteiger partial charge in [0.25, 0.3) is 5.91 Å². The Labute approximate surface area is 185 Å². The lowest BCUT2D eigenvalue weighted by Gasteiger charge is -2.32. The Kier molecular flexibility index (Phi) is 6.43. The molecule has 3 aromatic rings. The number of nitrogens with one attached hydrogen (secondary N) is 1. The smallest absolute Gasteiger partial charge is 0.254 e. The molecule has 8 heteroatoms. The van der Waals surface area contributed by atoms with Crippen LogP contribution >= 0.6 is 0 Å². The number of ether oxygens (including phenoxy) is 1. The number of para-hydroxylation sites is 1. The largest absolute Gasteiger partial charge is 0.369 e. The van der Waals surface area contributed by atoms with E-state index in [1.807, 2.05) is 29.2 Å². The number of pyridine rings is 1. The zero-order valence-electron chi connectivity index (χ0n) is 18.0. The van der Waals surface area contributed by atoms with E-state index in [1.165, 1.54) is 24.3 Å². The van der Waals surface area contributed by atoms with Gasteiger partial charge in [-0.15, -0.1) is 0 Å². The molecule has 1 aromatic heterocycles. The van der Waals surface area contributed by atoms with Gasteiger partial charge in [0.15, 0.2) is 0 Å². The predicted octanol–water partition coefficient (Wildman–Crippen LogP) is 3.09. The van der Waals surface area contributed by atoms with E-state index in [0.717, 1.165) is 10.9 Å². The van der Waals surface area contributed by atoms with Crippen LogP contribution in [0.5, 0.6) is 0 Å². The van der Waals surface area contributed by atoms with Crippen molar-refractivity contribution in [2.75, 3.05) is 45.7 Å². The van der Waals surface area contributed by atoms with E-state index in [2.05, 4.69) is 5.32 Å². The van der Waals surface area contributed by atoms with Crippen molar-refractivity contribution in [3.8, 4) is 0 Å². The van der Waals surface area contributed by atoms with Crippen LogP contribution < -0.4 is 5.32 Å². The number of morpholine rings is 1. The van der Waals surface area contributed by atoms with Crippen molar-refractivity contribution in [3.63, 3.8) is 0 Å². The van der Waals surface area contributed by atoms with Gasteiger partial charge in [0.05, 0.1) is 29.9 Å². The van der Waals surface area contributed by atoms with Crippen LogP contribution in [-0.4, -0.2) is 66.9 Å². The summed E-state index contributed by atoms with van der Waals surface area (Å²) in [5.41, 5.74) is 2.51. The maximum absolute atomic E-state index is 13.1. The summed E-state index contributed by atoms with van der Waals surface area (Å²) in [5, 5.41) is 3.57. The highest BCUT2D eigenvalue weighted by Crippen LogP contribution is 2.26. The minimum atomic E-state index is -0.360. The van der Waals surface area contributed by atoms with Crippen LogP contribution in [0.15, 0.2) is 54.6 Å². The number of hydrogen-bond acceptors (Lipinski definition) is 5. The van der Waals surface area contributed by atoms with Crippen LogP contribution in [0.3, 0.4) is 0 Å². The second kappa shape index (κ2) is 9.42. The molecule has 1 fully saturated rings. The molecule has 1 saturated heterocycles. The van der Waals surface area contributed by atoms with Crippen molar-refractivity contribution in [1.82, 2.24) is 14.8 Å². The van der Waals surface area contributed by atoms with E-state index in [9.17, 15) is 14.0 Å². The van der Waals surface area contributed by atoms with Gasteiger partial charge in [-0.2, -0.15) is 0 Å². The molecule has 1 atom stereocenters. The molecule has 1 N–H and O–H groups in total. The quantitative estimate of drug-likeness (QED) is 0.665. The summed E-state index contributed by atoms with van der Waals surface area (Å²) in [7, 11) is 3.44. The van der Waals surface area contributed by atoms with Gasteiger partial charge in [0.1, 0.15) is 11.9 Å². The van der Waals surface area contributed by atoms with Gasteiger partial charge in [-0.3, -0.25) is 14.5 Å². The molecule has 1 aliphatic heterocycles. The summed E-state index contributed by atoms with van der Waals surface area (Å²) in [6, 6.07) is 15.0. The minimum Gasteiger partial charge on any atom is -0.369 e. The lowest BCUT2D eigenvalue weighted by Crippen LogP contribution is -2.42. The summed E-state index contributed by atoms with van der Waals surface area (Å²) in [6.07, 6.45) is -0.360. The molecule has 2 heterocycles. The van der Waals surface area contributed by atoms with Crippen molar-refractivity contribution in [2.24, 2.45) is 0 Å². The number of nitrogens with zero attached hydrogens (tertiary/aromatic N) is 3. The Bertz CT molecular complexity index is 1130. The van der Waals surface area contributed by atoms with Gasteiger partial charge in [-0.25, -0.2) is 9.37 Å². The number of carbonyl (C=O) groups excluding carboxylic acids is 2. The third-order valence-corrected chi connectivity index (χ3v) is 5.35. The number of amides is 2. The van der Waals surface area contributed by atoms with Crippen LogP contribution in [0.25, 0.3) is 10.9 Å². The maximum atomic E-state index is 13.1. The van der Waals surface area contributed by atoms with Gasteiger partial charge in [0.2, 0.25) is 5.91 Å². The van der Waals surface area contributed by atoms with E-state index in [1.54, 1.807) is 25.1 Å². The third kappa shape index (κ3) is 4.92. The van der Waals surface area contributed by atoms with E-state index < -0.39 is 0 Å². The van der Waals surface area contributed by atoms with Crippen molar-refractivity contribution in [3.05, 3.63) is 71.7 Å². The summed E-state index contributed by atoms with van der Waals surface area (Å²) in [6.45, 7) is 1.69. The lowest BCUT2D eigenvalue weighted by atomic mass is 10.0. The average molecular weight is 436 g/mol. The highest BCUT2D eigenvalue weighted by molar-refractivity contribution is 6.06. The van der Waals surface area contributed by atoms with E-state index in [0.29, 0.717) is 36.6 Å². The molecule has 2 aromatic carbocycles. The molecule has 1 aliphatic rings. The third-order valence-electron chi connectivity index (χ3n) is 5.35. The number of benzene rings is 2. The van der Waals surface area contributed by atoms with Gasteiger partial charge in [-0.1, -0.05) is 18.2 Å². The van der Waals surface area contributed by atoms with Crippen LogP contribution in [0.4, 0.5) is 10.1 Å². The van der Waals surface area contributed by atoms with Crippen molar-refractivity contribution < 1.29 is 18.7 Å². The van der Waals surface area contributed by atoms with E-state index >= 15 is 0 Å². The number of rotatable bonds is 5.